The number of aromatic nitrogens is 7. The van der Waals surface area contributed by atoms with Crippen LogP contribution in [-0.4, -0.2) is 76.9 Å². The zero-order valence-corrected chi connectivity index (χ0v) is 44.5. The highest BCUT2D eigenvalue weighted by Gasteiger charge is 2.63. The molecule has 4 fully saturated rings. The van der Waals surface area contributed by atoms with Gasteiger partial charge in [-0.1, -0.05) is 29.3 Å². The van der Waals surface area contributed by atoms with Crippen LogP contribution in [0, 0.1) is 220 Å². The SMILES string of the molecule is C#CC#CC#CC#CC#CC#CC#CC#CC#CC#CC#CC#CC#CC#CC#Cn1nnnn1.Cc1cn(C2CC(N=[N+]=[N-])C(COC(=O)[C@H]3CCC4C5CCC6=CC(=O)CCC6(C)C5C(O)CC43C)O2)c(=O)[nH]c1=O.[HH].[HH].[HH].[HH].[HH].[HH].[HH].[HH].[HH].[HH].[HH].[HH].[HH].[HH].[HH].[HH].[HH].[HH].[HH].o1oooooo1. The molecule has 24 heteroatoms. The topological polar surface area (TPSA) is 325 Å². The lowest BCUT2D eigenvalue weighted by Crippen LogP contribution is -2.57. The van der Waals surface area contributed by atoms with Crippen LogP contribution >= 0.6 is 0 Å². The van der Waals surface area contributed by atoms with E-state index < -0.39 is 41.1 Å². The largest absolute Gasteiger partial charge is 0.463 e. The second-order valence-corrected chi connectivity index (χ2v) is 18.3. The van der Waals surface area contributed by atoms with Gasteiger partial charge in [0.2, 0.25) is 0 Å². The molecule has 3 saturated carbocycles. The number of nitrogens with zero attached hydrogens (tertiary/aromatic N) is 9. The number of fused-ring (bicyclic) bond motifs is 5. The zero-order valence-electron chi connectivity index (χ0n) is 44.5. The fraction of sp³-hybridized carbons (Fsp3) is 0.367. The number of ketones is 1. The number of esters is 1. The highest BCUT2D eigenvalue weighted by atomic mass is 17.6. The molecule has 9 unspecified atom stereocenters. The number of hydrogen-bond donors (Lipinski definition) is 2. The fourth-order valence-corrected chi connectivity index (χ4v) is 10.5. The van der Waals surface area contributed by atoms with E-state index in [4.69, 9.17) is 21.4 Å². The Morgan fingerprint density at radius 3 is 1.77 bits per heavy atom. The van der Waals surface area contributed by atoms with Crippen molar-refractivity contribution in [2.75, 3.05) is 6.61 Å². The predicted octanol–water partition coefficient (Wildman–Crippen LogP) is 7.79. The first kappa shape index (κ1) is 61.0. The van der Waals surface area contributed by atoms with E-state index in [2.05, 4.69) is 255 Å². The highest BCUT2D eigenvalue weighted by molar-refractivity contribution is 5.91. The first-order valence-corrected chi connectivity index (χ1v) is 24.7. The molecule has 2 N–H and O–H groups in total. The van der Waals surface area contributed by atoms with Gasteiger partial charge in [-0.3, -0.25) is 23.9 Å². The third-order valence-corrected chi connectivity index (χ3v) is 13.8. The van der Waals surface area contributed by atoms with Gasteiger partial charge in [-0.15, -0.1) is 6.42 Å². The molecule has 84 heavy (non-hydrogen) atoms. The Kier molecular flexibility index (Phi) is 23.2. The van der Waals surface area contributed by atoms with Gasteiger partial charge in [0.25, 0.3) is 5.56 Å². The quantitative estimate of drug-likeness (QED) is 0.0614. The van der Waals surface area contributed by atoms with Gasteiger partial charge in [0.1, 0.15) is 18.9 Å². The van der Waals surface area contributed by atoms with Gasteiger partial charge in [0.15, 0.2) is 5.78 Å². The number of rotatable bonds is 5. The molecule has 1 saturated heterocycles. The van der Waals surface area contributed by atoms with Crippen LogP contribution < -0.4 is 11.2 Å². The first-order valence-electron chi connectivity index (χ1n) is 24.7. The lowest BCUT2D eigenvalue weighted by atomic mass is 9.46. The van der Waals surface area contributed by atoms with Gasteiger partial charge < -0.3 is 14.6 Å². The molecule has 10 atom stereocenters. The van der Waals surface area contributed by atoms with Crippen LogP contribution in [0.3, 0.4) is 0 Å². The van der Waals surface area contributed by atoms with Crippen LogP contribution in [0.25, 0.3) is 10.4 Å². The molecular formula is C60H78N10O14. The molecule has 4 heterocycles. The van der Waals surface area contributed by atoms with Crippen molar-refractivity contribution in [2.45, 2.75) is 96.6 Å². The predicted molar refractivity (Wildman–Crippen MR) is 327 cm³/mol. The zero-order chi connectivity index (χ0) is 59.8. The Hall–Kier alpha value is -12.2. The van der Waals surface area contributed by atoms with Gasteiger partial charge in [0, 0.05) is 208 Å². The molecule has 8 rings (SSSR count). The van der Waals surface area contributed by atoms with E-state index >= 15 is 0 Å². The van der Waals surface area contributed by atoms with E-state index in [1.165, 1.54) is 16.3 Å². The minimum absolute atomic E-state index is 0. The molecule has 3 aromatic rings. The van der Waals surface area contributed by atoms with Gasteiger partial charge >= 0.3 is 11.7 Å². The van der Waals surface area contributed by atoms with Crippen molar-refractivity contribution in [1.82, 2.24) is 35.2 Å². The number of aromatic amines is 1. The summed E-state index contributed by atoms with van der Waals surface area (Å²) < 4.78 is 37.6. The second kappa shape index (κ2) is 32.0. The average Bonchev–Trinajstić information content (AvgIpc) is 1.69. The molecule has 0 bridgehead atoms. The Morgan fingerprint density at radius 2 is 1.27 bits per heavy atom. The number of aliphatic hydroxyl groups excluding tert-OH is 1. The molecule has 4 aliphatic carbocycles. The summed E-state index contributed by atoms with van der Waals surface area (Å²) in [6.45, 7) is 5.77. The number of aliphatic hydroxyl groups is 1. The van der Waals surface area contributed by atoms with Crippen molar-refractivity contribution in [2.24, 2.45) is 39.6 Å². The van der Waals surface area contributed by atoms with Crippen LogP contribution in [0.1, 0.15) is 104 Å². The molecule has 452 valence electrons. The summed E-state index contributed by atoms with van der Waals surface area (Å²) in [5.41, 5.74) is 8.91. The second-order valence-electron chi connectivity index (χ2n) is 18.3. The number of terminal acetylenes is 1. The van der Waals surface area contributed by atoms with E-state index in [-0.39, 0.29) is 81.0 Å². The first-order chi connectivity index (χ1) is 40.9. The van der Waals surface area contributed by atoms with Crippen LogP contribution in [-0.2, 0) is 19.1 Å². The number of ether oxygens (including phenoxy) is 2. The number of H-pyrrole nitrogens is 1. The smallest absolute Gasteiger partial charge is 0.330 e. The van der Waals surface area contributed by atoms with Crippen LogP contribution in [0.5, 0.6) is 0 Å². The minimum atomic E-state index is -0.784. The molecule has 0 radical (unpaired) electrons. The summed E-state index contributed by atoms with van der Waals surface area (Å²) in [5.74, 6) is 68.9. The summed E-state index contributed by atoms with van der Waals surface area (Å²) in [5, 5.41) is 28.8. The Morgan fingerprint density at radius 1 is 0.774 bits per heavy atom. The summed E-state index contributed by atoms with van der Waals surface area (Å²) in [4.78, 5) is 56.1. The van der Waals surface area contributed by atoms with E-state index in [1.54, 1.807) is 6.92 Å². The number of aryl methyl sites for hydroxylation is 1. The molecular weight excluding hydrogens is 1080 g/mol. The molecule has 0 aromatic carbocycles. The summed E-state index contributed by atoms with van der Waals surface area (Å²) in [7, 11) is 0. The number of hydrogen-bond acceptors (Lipinski definition) is 19. The normalized spacial score (nSPS) is 23.0. The highest BCUT2D eigenvalue weighted by Crippen LogP contribution is 2.66. The van der Waals surface area contributed by atoms with Crippen molar-refractivity contribution in [3.8, 4) is 178 Å². The van der Waals surface area contributed by atoms with E-state index in [0.29, 0.717) is 24.8 Å². The van der Waals surface area contributed by atoms with Gasteiger partial charge in [-0.05, 0) is 154 Å². The molecule has 0 spiro atoms. The molecule has 1 aliphatic heterocycles. The number of carbonyl (C=O) groups is 2. The van der Waals surface area contributed by atoms with Crippen molar-refractivity contribution in [1.29, 1.82) is 0 Å². The van der Waals surface area contributed by atoms with Crippen molar-refractivity contribution in [3.05, 3.63) is 54.7 Å². The fourth-order valence-electron chi connectivity index (χ4n) is 10.5. The Bertz CT molecular complexity index is 4310. The van der Waals surface area contributed by atoms with E-state index in [1.807, 2.05) is 6.08 Å². The summed E-state index contributed by atoms with van der Waals surface area (Å²) >= 11 is 0. The summed E-state index contributed by atoms with van der Waals surface area (Å²) in [6.07, 6.45) is 11.4. The van der Waals surface area contributed by atoms with E-state index in [9.17, 15) is 24.3 Å². The minimum Gasteiger partial charge on any atom is -0.463 e. The number of carbonyl (C=O) groups excluding carboxylic acids is 2. The number of nitrogens with one attached hydrogen (secondary N) is 1. The lowest BCUT2D eigenvalue weighted by molar-refractivity contribution is -0.390. The maximum atomic E-state index is 13.6. The Balaban J connectivity index is -0.000000101. The standard InChI is InChI=1S/C30H39N5O7.C30HN5.O7.19H2/c1-15-13-35(28(40)32-26(15)38)24-11-21(33-34-31)23(42-24)14-41-27(39)20-7-6-19-18-5-4-16-10-17(36)8-9-29(16,2)25(18)22(37)12-30(19,20)3;1-2-3-4-5-6-7-8-9-10-11-12-13-14-15-16-17-18-19-20-21-22-23-24-25-26-27-28-29-30-35-33-31-32-34-35;1-2-4-6-7-5-3-1;;;;;;;;;;;;;;;;;;;/h10,13,18-25,37H,4-9,11-12,14H2,1-3H3,(H,32,38,40);1H;;19*1H/t18?,19?,20-,21?,22?,23?,24?,25?,29?,30?;;;;;;;;;;;;;;;;;;;;;/m1...................../s1. The molecule has 24 nitrogen and oxygen atoms in total. The monoisotopic (exact) mass is 1160 g/mol. The molecule has 5 aliphatic rings. The van der Waals surface area contributed by atoms with Gasteiger partial charge in [-0.25, -0.2) is 4.79 Å². The third-order valence-electron chi connectivity index (χ3n) is 13.8. The van der Waals surface area contributed by atoms with Crippen LogP contribution in [0.2, 0.25) is 0 Å². The number of allylic oxidation sites excluding steroid dienone is 1. The van der Waals surface area contributed by atoms with Crippen molar-refractivity contribution >= 4 is 11.8 Å². The number of azide groups is 1. The molecule has 3 aromatic heterocycles. The van der Waals surface area contributed by atoms with E-state index in [0.717, 1.165) is 30.5 Å². The van der Waals surface area contributed by atoms with Crippen LogP contribution in [0.15, 0.2) is 65.7 Å². The summed E-state index contributed by atoms with van der Waals surface area (Å²) in [6, 6.07) is 1.79. The van der Waals surface area contributed by atoms with Crippen LogP contribution in [0.4, 0.5) is 0 Å². The maximum absolute atomic E-state index is 13.6. The average molecular weight is 1160 g/mol. The molecule has 0 amide bonds. The van der Waals surface area contributed by atoms with Crippen molar-refractivity contribution < 1.29 is 84.4 Å². The third kappa shape index (κ3) is 17.6. The lowest BCUT2D eigenvalue weighted by Gasteiger charge is -2.59. The Labute approximate surface area is 506 Å². The van der Waals surface area contributed by atoms with Gasteiger partial charge in [-0.2, -0.15) is 0 Å². The maximum Gasteiger partial charge on any atom is 0.330 e. The van der Waals surface area contributed by atoms with Gasteiger partial charge in [0.05, 0.1) is 24.1 Å². The van der Waals surface area contributed by atoms with Crippen molar-refractivity contribution in [3.63, 3.8) is 0 Å².